The number of carbonyl (C=O) groups excluding carboxylic acids is 1. The normalized spacial score (nSPS) is 15.7. The van der Waals surface area contributed by atoms with Crippen LogP contribution in [0, 0.1) is 0 Å². The number of piperazine rings is 1. The molecule has 0 spiro atoms. The molecule has 1 aliphatic heterocycles. The quantitative estimate of drug-likeness (QED) is 0.796. The molecular weight excluding hydrogens is 326 g/mol. The van der Waals surface area contributed by atoms with E-state index in [2.05, 4.69) is 5.32 Å². The zero-order chi connectivity index (χ0) is 17.6. The molecule has 1 fully saturated rings. The minimum absolute atomic E-state index is 0.163. The Kier molecular flexibility index (Phi) is 6.77. The average Bonchev–Trinajstić information content (AvgIpc) is 2.61. The molecule has 1 aliphatic rings. The molecule has 0 radical (unpaired) electrons. The highest BCUT2D eigenvalue weighted by molar-refractivity contribution is 7.89. The Balaban J connectivity index is 1.95. The molecule has 134 valence electrons. The zero-order valence-electron chi connectivity index (χ0n) is 14.5. The SMILES string of the molecule is CCN(CC)S(=O)(=O)c1ccc(CCC(=O)N2CCNCC2)cc1. The van der Waals surface area contributed by atoms with Gasteiger partial charge in [0, 0.05) is 45.7 Å². The summed E-state index contributed by atoms with van der Waals surface area (Å²) in [7, 11) is -3.42. The van der Waals surface area contributed by atoms with E-state index in [1.165, 1.54) is 4.31 Å². The standard InChI is InChI=1S/C17H27N3O3S/c1-3-20(4-2)24(22,23)16-8-5-15(6-9-16)7-10-17(21)19-13-11-18-12-14-19/h5-6,8-9,18H,3-4,7,10-14H2,1-2H3. The Labute approximate surface area is 144 Å². The lowest BCUT2D eigenvalue weighted by Crippen LogP contribution is -2.46. The number of amides is 1. The molecule has 1 aromatic rings. The van der Waals surface area contributed by atoms with Gasteiger partial charge in [0.2, 0.25) is 15.9 Å². The molecule has 1 heterocycles. The summed E-state index contributed by atoms with van der Waals surface area (Å²) in [5, 5.41) is 3.23. The van der Waals surface area contributed by atoms with E-state index in [4.69, 9.17) is 0 Å². The first-order valence-corrected chi connectivity index (χ1v) is 10.0. The molecule has 0 unspecified atom stereocenters. The highest BCUT2D eigenvalue weighted by Gasteiger charge is 2.21. The smallest absolute Gasteiger partial charge is 0.243 e. The predicted molar refractivity (Wildman–Crippen MR) is 94.3 cm³/mol. The summed E-state index contributed by atoms with van der Waals surface area (Å²) in [6.45, 7) is 7.81. The number of nitrogens with zero attached hydrogens (tertiary/aromatic N) is 2. The van der Waals surface area contributed by atoms with Crippen molar-refractivity contribution in [2.24, 2.45) is 0 Å². The van der Waals surface area contributed by atoms with Crippen molar-refractivity contribution in [1.29, 1.82) is 0 Å². The van der Waals surface area contributed by atoms with Gasteiger partial charge in [0.05, 0.1) is 4.90 Å². The largest absolute Gasteiger partial charge is 0.340 e. The van der Waals surface area contributed by atoms with Gasteiger partial charge in [-0.05, 0) is 24.1 Å². The maximum atomic E-state index is 12.4. The van der Waals surface area contributed by atoms with Crippen molar-refractivity contribution in [3.63, 3.8) is 0 Å². The summed E-state index contributed by atoms with van der Waals surface area (Å²) in [5.41, 5.74) is 0.983. The van der Waals surface area contributed by atoms with E-state index >= 15 is 0 Å². The van der Waals surface area contributed by atoms with Crippen LogP contribution in [0.15, 0.2) is 29.2 Å². The van der Waals surface area contributed by atoms with E-state index in [0.717, 1.165) is 31.7 Å². The van der Waals surface area contributed by atoms with Crippen molar-refractivity contribution < 1.29 is 13.2 Å². The predicted octanol–water partition coefficient (Wildman–Crippen LogP) is 1.08. The summed E-state index contributed by atoms with van der Waals surface area (Å²) in [6, 6.07) is 6.89. The molecule has 1 aromatic carbocycles. The lowest BCUT2D eigenvalue weighted by Gasteiger charge is -2.27. The van der Waals surface area contributed by atoms with Gasteiger partial charge in [-0.25, -0.2) is 8.42 Å². The van der Waals surface area contributed by atoms with Gasteiger partial charge in [0.25, 0.3) is 0 Å². The molecule has 2 rings (SSSR count). The molecule has 1 amide bonds. The van der Waals surface area contributed by atoms with Crippen molar-refractivity contribution >= 4 is 15.9 Å². The van der Waals surface area contributed by atoms with Gasteiger partial charge in [-0.3, -0.25) is 4.79 Å². The van der Waals surface area contributed by atoms with E-state index in [0.29, 0.717) is 30.8 Å². The summed E-state index contributed by atoms with van der Waals surface area (Å²) < 4.78 is 26.3. The summed E-state index contributed by atoms with van der Waals surface area (Å²) in [5.74, 6) is 0.163. The van der Waals surface area contributed by atoms with Crippen LogP contribution in [0.2, 0.25) is 0 Å². The Morgan fingerprint density at radius 3 is 2.25 bits per heavy atom. The van der Waals surface area contributed by atoms with Crippen LogP contribution in [0.3, 0.4) is 0 Å². The Morgan fingerprint density at radius 1 is 1.12 bits per heavy atom. The molecule has 0 saturated carbocycles. The topological polar surface area (TPSA) is 69.7 Å². The summed E-state index contributed by atoms with van der Waals surface area (Å²) in [6.07, 6.45) is 1.09. The molecule has 24 heavy (non-hydrogen) atoms. The zero-order valence-corrected chi connectivity index (χ0v) is 15.3. The first-order chi connectivity index (χ1) is 11.5. The van der Waals surface area contributed by atoms with Gasteiger partial charge < -0.3 is 10.2 Å². The van der Waals surface area contributed by atoms with E-state index < -0.39 is 10.0 Å². The molecular formula is C17H27N3O3S. The molecule has 0 aromatic heterocycles. The number of rotatable bonds is 7. The van der Waals surface area contributed by atoms with Crippen LogP contribution in [0.25, 0.3) is 0 Å². The first-order valence-electron chi connectivity index (χ1n) is 8.56. The number of nitrogens with one attached hydrogen (secondary N) is 1. The van der Waals surface area contributed by atoms with E-state index in [-0.39, 0.29) is 5.91 Å². The number of aryl methyl sites for hydroxylation is 1. The second-order valence-corrected chi connectivity index (χ2v) is 7.80. The number of carbonyl (C=O) groups is 1. The fraction of sp³-hybridized carbons (Fsp3) is 0.588. The van der Waals surface area contributed by atoms with Crippen molar-refractivity contribution in [1.82, 2.24) is 14.5 Å². The monoisotopic (exact) mass is 353 g/mol. The summed E-state index contributed by atoms with van der Waals surface area (Å²) >= 11 is 0. The number of hydrogen-bond donors (Lipinski definition) is 1. The Hall–Kier alpha value is -1.44. The van der Waals surface area contributed by atoms with Crippen LogP contribution in [-0.2, 0) is 21.2 Å². The molecule has 7 heteroatoms. The minimum Gasteiger partial charge on any atom is -0.340 e. The molecule has 1 N–H and O–H groups in total. The fourth-order valence-corrected chi connectivity index (χ4v) is 4.32. The third kappa shape index (κ3) is 4.55. The second-order valence-electron chi connectivity index (χ2n) is 5.86. The number of sulfonamides is 1. The first kappa shape index (κ1) is 18.9. The average molecular weight is 353 g/mol. The van der Waals surface area contributed by atoms with E-state index in [9.17, 15) is 13.2 Å². The van der Waals surface area contributed by atoms with E-state index in [1.807, 2.05) is 18.7 Å². The third-order valence-electron chi connectivity index (χ3n) is 4.36. The second kappa shape index (κ2) is 8.60. The molecule has 6 nitrogen and oxygen atoms in total. The molecule has 1 saturated heterocycles. The van der Waals surface area contributed by atoms with Crippen LogP contribution in [-0.4, -0.2) is 62.8 Å². The molecule has 0 aliphatic carbocycles. The third-order valence-corrected chi connectivity index (χ3v) is 6.43. The Morgan fingerprint density at radius 2 is 1.71 bits per heavy atom. The van der Waals surface area contributed by atoms with Gasteiger partial charge >= 0.3 is 0 Å². The lowest BCUT2D eigenvalue weighted by atomic mass is 10.1. The maximum absolute atomic E-state index is 12.4. The van der Waals surface area contributed by atoms with Gasteiger partial charge in [-0.15, -0.1) is 0 Å². The van der Waals surface area contributed by atoms with Gasteiger partial charge in [-0.2, -0.15) is 4.31 Å². The number of hydrogen-bond acceptors (Lipinski definition) is 4. The van der Waals surface area contributed by atoms with Gasteiger partial charge in [-0.1, -0.05) is 26.0 Å². The minimum atomic E-state index is -3.42. The van der Waals surface area contributed by atoms with Crippen molar-refractivity contribution in [2.45, 2.75) is 31.6 Å². The van der Waals surface area contributed by atoms with Crippen LogP contribution >= 0.6 is 0 Å². The van der Waals surface area contributed by atoms with Gasteiger partial charge in [0.1, 0.15) is 0 Å². The van der Waals surface area contributed by atoms with Crippen LogP contribution in [0.5, 0.6) is 0 Å². The van der Waals surface area contributed by atoms with Crippen LogP contribution in [0.4, 0.5) is 0 Å². The van der Waals surface area contributed by atoms with Crippen molar-refractivity contribution in [3.05, 3.63) is 29.8 Å². The van der Waals surface area contributed by atoms with Crippen LogP contribution < -0.4 is 5.32 Å². The highest BCUT2D eigenvalue weighted by Crippen LogP contribution is 2.17. The number of benzene rings is 1. The molecule has 0 atom stereocenters. The summed E-state index contributed by atoms with van der Waals surface area (Å²) in [4.78, 5) is 14.4. The van der Waals surface area contributed by atoms with Gasteiger partial charge in [0.15, 0.2) is 0 Å². The van der Waals surface area contributed by atoms with E-state index in [1.54, 1.807) is 24.3 Å². The molecule has 0 bridgehead atoms. The fourth-order valence-electron chi connectivity index (χ4n) is 2.86. The lowest BCUT2D eigenvalue weighted by molar-refractivity contribution is -0.131. The van der Waals surface area contributed by atoms with Crippen molar-refractivity contribution in [3.8, 4) is 0 Å². The highest BCUT2D eigenvalue weighted by atomic mass is 32.2. The van der Waals surface area contributed by atoms with Crippen LogP contribution in [0.1, 0.15) is 25.8 Å². The maximum Gasteiger partial charge on any atom is 0.243 e. The van der Waals surface area contributed by atoms with Crippen molar-refractivity contribution in [2.75, 3.05) is 39.3 Å². The Bertz CT molecular complexity index is 634.